The van der Waals surface area contributed by atoms with Gasteiger partial charge in [-0.25, -0.2) is 13.2 Å². The van der Waals surface area contributed by atoms with Crippen LogP contribution < -0.4 is 0 Å². The van der Waals surface area contributed by atoms with E-state index in [1.165, 1.54) is 0 Å². The molecule has 176 valence electrons. The van der Waals surface area contributed by atoms with Gasteiger partial charge < -0.3 is 0 Å². The molecule has 0 radical (unpaired) electrons. The third-order valence-corrected chi connectivity index (χ3v) is 9.76. The molecule has 4 rings (SSSR count). The number of aryl methyl sites for hydroxylation is 2. The average molecular weight is 508 g/mol. The molecule has 0 aromatic heterocycles. The summed E-state index contributed by atoms with van der Waals surface area (Å²) in [6, 6.07) is 11.1. The fraction of sp³-hybridized carbons (Fsp3) is 0.462. The number of alkyl halides is 2. The second-order valence-corrected chi connectivity index (χ2v) is 12.0. The summed E-state index contributed by atoms with van der Waals surface area (Å²) < 4.78 is 33.1. The van der Waals surface area contributed by atoms with Crippen LogP contribution in [0.2, 0.25) is 5.02 Å². The van der Waals surface area contributed by atoms with Crippen molar-refractivity contribution >= 4 is 46.8 Å². The Balaban J connectivity index is 1.58. The summed E-state index contributed by atoms with van der Waals surface area (Å²) in [6.07, 6.45) is 2.90. The van der Waals surface area contributed by atoms with E-state index in [-0.39, 0.29) is 17.6 Å². The zero-order valence-electron chi connectivity index (χ0n) is 19.3. The first kappa shape index (κ1) is 24.7. The zero-order valence-corrected chi connectivity index (χ0v) is 21.6. The lowest BCUT2D eigenvalue weighted by atomic mass is 9.85. The first-order chi connectivity index (χ1) is 15.5. The number of rotatable bonds is 6. The summed E-state index contributed by atoms with van der Waals surface area (Å²) >= 11 is 8.78. The molecular formula is C26H28ClF2NOS2. The van der Waals surface area contributed by atoms with Gasteiger partial charge in [-0.05, 0) is 91.6 Å². The topological polar surface area (TPSA) is 29.4 Å². The van der Waals surface area contributed by atoms with Crippen molar-refractivity contribution in [1.29, 1.82) is 0 Å². The van der Waals surface area contributed by atoms with Crippen molar-refractivity contribution in [3.8, 4) is 0 Å². The first-order valence-electron chi connectivity index (χ1n) is 11.3. The number of ketones is 1. The van der Waals surface area contributed by atoms with Crippen LogP contribution in [0.3, 0.4) is 0 Å². The third kappa shape index (κ3) is 4.76. The van der Waals surface area contributed by atoms with Gasteiger partial charge >= 0.3 is 0 Å². The van der Waals surface area contributed by atoms with Crippen molar-refractivity contribution in [2.45, 2.75) is 74.2 Å². The van der Waals surface area contributed by atoms with Gasteiger partial charge in [-0.3, -0.25) is 4.79 Å². The maximum absolute atomic E-state index is 15.0. The van der Waals surface area contributed by atoms with Crippen LogP contribution in [0.1, 0.15) is 61.8 Å². The number of Topliss-reactive ketones (excluding diaryl/α,β-unsaturated/α-hetero) is 1. The molecule has 3 atom stereocenters. The fourth-order valence-electron chi connectivity index (χ4n) is 4.74. The van der Waals surface area contributed by atoms with Crippen molar-refractivity contribution in [2.24, 2.45) is 10.3 Å². The highest BCUT2D eigenvalue weighted by Gasteiger charge is 2.56. The predicted octanol–water partition coefficient (Wildman–Crippen LogP) is 8.20. The number of carbonyl (C=O) groups is 1. The highest BCUT2D eigenvalue weighted by molar-refractivity contribution is 8.00. The Morgan fingerprint density at radius 1 is 1.21 bits per heavy atom. The summed E-state index contributed by atoms with van der Waals surface area (Å²) in [5, 5.41) is 0.461. The minimum absolute atomic E-state index is 0.0105. The number of nitrogens with zero attached hydrogens (tertiary/aromatic N) is 1. The van der Waals surface area contributed by atoms with Crippen LogP contribution in [-0.2, 0) is 9.54 Å². The van der Waals surface area contributed by atoms with Crippen LogP contribution in [-0.4, -0.2) is 22.7 Å². The number of thioether (sulfide) groups is 1. The molecule has 2 aliphatic rings. The summed E-state index contributed by atoms with van der Waals surface area (Å²) in [6.45, 7) is 6.89. The van der Waals surface area contributed by atoms with E-state index >= 15 is 8.78 Å². The zero-order chi connectivity index (χ0) is 24.0. The van der Waals surface area contributed by atoms with E-state index in [1.807, 2.05) is 32.0 Å². The number of hydrogen-bond donors (Lipinski definition) is 0. The quantitative estimate of drug-likeness (QED) is 0.369. The Kier molecular flexibility index (Phi) is 7.01. The molecule has 0 amide bonds. The minimum Gasteiger partial charge on any atom is -0.298 e. The molecule has 1 aliphatic carbocycles. The Morgan fingerprint density at radius 3 is 2.58 bits per heavy atom. The Bertz CT molecular complexity index is 1090. The molecule has 0 N–H and O–H groups in total. The van der Waals surface area contributed by atoms with Gasteiger partial charge in [0.2, 0.25) is 0 Å². The highest BCUT2D eigenvalue weighted by atomic mass is 35.5. The summed E-state index contributed by atoms with van der Waals surface area (Å²) in [7, 11) is 0. The van der Waals surface area contributed by atoms with Crippen molar-refractivity contribution in [3.63, 3.8) is 0 Å². The van der Waals surface area contributed by atoms with E-state index in [9.17, 15) is 4.79 Å². The normalized spacial score (nSPS) is 25.5. The van der Waals surface area contributed by atoms with Crippen molar-refractivity contribution < 1.29 is 13.6 Å². The molecule has 1 saturated carbocycles. The number of benzene rings is 2. The lowest BCUT2D eigenvalue weighted by Crippen LogP contribution is -2.39. The molecule has 7 heteroatoms. The molecule has 1 aliphatic heterocycles. The summed E-state index contributed by atoms with van der Waals surface area (Å²) in [5.41, 5.74) is 3.88. The van der Waals surface area contributed by atoms with Crippen LogP contribution in [0.4, 0.5) is 8.78 Å². The molecule has 0 bridgehead atoms. The smallest absolute Gasteiger partial charge is 0.266 e. The summed E-state index contributed by atoms with van der Waals surface area (Å²) in [5.74, 6) is -2.45. The fourth-order valence-corrected chi connectivity index (χ4v) is 7.31. The molecule has 1 fully saturated rings. The molecule has 33 heavy (non-hydrogen) atoms. The van der Waals surface area contributed by atoms with Crippen LogP contribution in [0.15, 0.2) is 45.7 Å². The maximum atomic E-state index is 15.0. The van der Waals surface area contributed by atoms with Gasteiger partial charge in [0.15, 0.2) is 0 Å². The van der Waals surface area contributed by atoms with Crippen molar-refractivity contribution in [3.05, 3.63) is 63.7 Å². The third-order valence-electron chi connectivity index (χ3n) is 6.71. The van der Waals surface area contributed by atoms with Gasteiger partial charge in [-0.15, -0.1) is 11.8 Å². The average Bonchev–Trinajstić information content (AvgIpc) is 3.34. The van der Waals surface area contributed by atoms with E-state index in [2.05, 4.69) is 11.3 Å². The minimum atomic E-state index is -3.00. The number of carbonyl (C=O) groups excluding carboxylic acids is 1. The van der Waals surface area contributed by atoms with Gasteiger partial charge in [-0.1, -0.05) is 30.7 Å². The number of hydrogen-bond acceptors (Lipinski definition) is 4. The van der Waals surface area contributed by atoms with Gasteiger partial charge in [0, 0.05) is 29.2 Å². The van der Waals surface area contributed by atoms with E-state index < -0.39 is 10.7 Å². The van der Waals surface area contributed by atoms with Crippen LogP contribution in [0.5, 0.6) is 0 Å². The van der Waals surface area contributed by atoms with Crippen LogP contribution in [0.25, 0.3) is 0 Å². The van der Waals surface area contributed by atoms with E-state index in [0.29, 0.717) is 22.1 Å². The molecule has 0 saturated heterocycles. The van der Waals surface area contributed by atoms with E-state index in [4.69, 9.17) is 11.6 Å². The van der Waals surface area contributed by atoms with Gasteiger partial charge in [0.05, 0.1) is 11.0 Å². The first-order valence-corrected chi connectivity index (χ1v) is 13.3. The van der Waals surface area contributed by atoms with E-state index in [0.717, 1.165) is 59.7 Å². The van der Waals surface area contributed by atoms with Crippen LogP contribution in [0, 0.1) is 19.8 Å². The SMILES string of the molecule is CCC1CCC(Sc2ccc(C3=NSC(c4cc(C)cc(Cl)c4)(C(C)(F)F)C3)cc2C)C1=O. The van der Waals surface area contributed by atoms with E-state index in [1.54, 1.807) is 30.0 Å². The number of halogens is 3. The molecule has 2 nitrogen and oxygen atoms in total. The molecule has 1 heterocycles. The lowest BCUT2D eigenvalue weighted by molar-refractivity contribution is -0.120. The standard InChI is InChI=1S/C26H28ClF2NOS2/c1-5-17-6-9-23(24(17)31)32-22-8-7-18(12-16(22)3)21-14-26(33-30-21,25(4,28)29)19-10-15(2)11-20(27)13-19/h7-8,10-13,17,23H,5-6,9,14H2,1-4H3. The molecule has 2 aromatic rings. The monoisotopic (exact) mass is 507 g/mol. The molecule has 3 unspecified atom stereocenters. The largest absolute Gasteiger partial charge is 0.298 e. The molecule has 0 spiro atoms. The summed E-state index contributed by atoms with van der Waals surface area (Å²) in [4.78, 5) is 13.6. The van der Waals surface area contributed by atoms with Gasteiger partial charge in [0.1, 0.15) is 10.5 Å². The Morgan fingerprint density at radius 2 is 1.97 bits per heavy atom. The molecule has 2 aromatic carbocycles. The van der Waals surface area contributed by atoms with Gasteiger partial charge in [-0.2, -0.15) is 0 Å². The van der Waals surface area contributed by atoms with Crippen molar-refractivity contribution in [2.75, 3.05) is 0 Å². The highest BCUT2D eigenvalue weighted by Crippen LogP contribution is 2.56. The van der Waals surface area contributed by atoms with Gasteiger partial charge in [0.25, 0.3) is 5.92 Å². The second kappa shape index (κ2) is 9.35. The Labute approximate surface area is 208 Å². The maximum Gasteiger partial charge on any atom is 0.266 e. The lowest BCUT2D eigenvalue weighted by Gasteiger charge is -2.34. The van der Waals surface area contributed by atoms with Crippen LogP contribution >= 0.6 is 35.3 Å². The Hall–Kier alpha value is -1.37. The van der Waals surface area contributed by atoms with Crippen molar-refractivity contribution in [1.82, 2.24) is 0 Å². The molecular weight excluding hydrogens is 480 g/mol. The predicted molar refractivity (Wildman–Crippen MR) is 136 cm³/mol. The second-order valence-electron chi connectivity index (χ2n) is 9.21.